The van der Waals surface area contributed by atoms with Gasteiger partial charge in [-0.25, -0.2) is 0 Å². The van der Waals surface area contributed by atoms with Crippen molar-refractivity contribution in [3.8, 4) is 5.75 Å². The molecule has 0 spiro atoms. The van der Waals surface area contributed by atoms with E-state index < -0.39 is 0 Å². The number of benzene rings is 1. The topological polar surface area (TPSA) is 39.3 Å². The fraction of sp³-hybridized carbons (Fsp3) is 0.500. The molecule has 100 valence electrons. The second-order valence-corrected chi connectivity index (χ2v) is 6.13. The molecule has 0 saturated carbocycles. The van der Waals surface area contributed by atoms with Crippen LogP contribution < -0.4 is 0 Å². The third-order valence-corrected chi connectivity index (χ3v) is 4.91. The number of hydrogen-bond acceptors (Lipinski definition) is 2. The number of nitrogens with zero attached hydrogens (tertiary/aromatic N) is 1. The quantitative estimate of drug-likeness (QED) is 0.760. The molecule has 3 heteroatoms. The molecule has 19 heavy (non-hydrogen) atoms. The van der Waals surface area contributed by atoms with Gasteiger partial charge in [-0.1, -0.05) is 0 Å². The number of piperidine rings is 1. The highest BCUT2D eigenvalue weighted by atomic mass is 16.3. The number of aromatic nitrogens is 1. The van der Waals surface area contributed by atoms with Crippen molar-refractivity contribution in [3.63, 3.8) is 0 Å². The van der Waals surface area contributed by atoms with Crippen LogP contribution in [0.4, 0.5) is 0 Å². The first kappa shape index (κ1) is 11.4. The van der Waals surface area contributed by atoms with Crippen LogP contribution in [0.1, 0.15) is 36.9 Å². The van der Waals surface area contributed by atoms with Gasteiger partial charge in [-0.3, -0.25) is 4.90 Å². The maximum absolute atomic E-state index is 9.75. The molecule has 1 aromatic heterocycles. The van der Waals surface area contributed by atoms with Crippen LogP contribution >= 0.6 is 0 Å². The van der Waals surface area contributed by atoms with Crippen molar-refractivity contribution in [2.24, 2.45) is 0 Å². The molecule has 3 unspecified atom stereocenters. The molecule has 3 atom stereocenters. The summed E-state index contributed by atoms with van der Waals surface area (Å²) in [5.74, 6) is 1.01. The maximum Gasteiger partial charge on any atom is 0.116 e. The van der Waals surface area contributed by atoms with Gasteiger partial charge in [-0.2, -0.15) is 0 Å². The van der Waals surface area contributed by atoms with Crippen LogP contribution in [0.5, 0.6) is 5.75 Å². The Morgan fingerprint density at radius 2 is 2.26 bits per heavy atom. The Labute approximate surface area is 113 Å². The van der Waals surface area contributed by atoms with Crippen molar-refractivity contribution in [1.82, 2.24) is 9.88 Å². The first-order valence-corrected chi connectivity index (χ1v) is 7.30. The van der Waals surface area contributed by atoms with Crippen molar-refractivity contribution >= 4 is 10.9 Å². The van der Waals surface area contributed by atoms with Gasteiger partial charge in [0.2, 0.25) is 0 Å². The fourth-order valence-electron chi connectivity index (χ4n) is 3.89. The molecule has 4 rings (SSSR count). The highest BCUT2D eigenvalue weighted by molar-refractivity contribution is 5.86. The molecule has 2 aliphatic heterocycles. The highest BCUT2D eigenvalue weighted by Gasteiger charge is 2.32. The average molecular weight is 256 g/mol. The molecule has 1 saturated heterocycles. The molecule has 3 heterocycles. The summed E-state index contributed by atoms with van der Waals surface area (Å²) in [6.07, 6.45) is 3.68. The SMILES string of the molecule is CC1Cc2c([nH]c3ccc(O)cc23)C2CCCN1C2. The van der Waals surface area contributed by atoms with Crippen LogP contribution in [0.2, 0.25) is 0 Å². The number of nitrogens with one attached hydrogen (secondary N) is 1. The minimum absolute atomic E-state index is 0.370. The minimum atomic E-state index is 0.370. The number of aromatic hydroxyl groups is 1. The summed E-state index contributed by atoms with van der Waals surface area (Å²) in [4.78, 5) is 6.24. The number of rotatable bonds is 0. The smallest absolute Gasteiger partial charge is 0.116 e. The molecule has 2 aromatic rings. The van der Waals surface area contributed by atoms with Crippen molar-refractivity contribution in [1.29, 1.82) is 0 Å². The summed E-state index contributed by atoms with van der Waals surface area (Å²) in [5.41, 5.74) is 4.04. The number of hydrogen-bond donors (Lipinski definition) is 2. The summed E-state index contributed by atoms with van der Waals surface area (Å²) in [6, 6.07) is 6.30. The third kappa shape index (κ3) is 1.68. The predicted molar refractivity (Wildman–Crippen MR) is 76.7 cm³/mol. The van der Waals surface area contributed by atoms with Gasteiger partial charge in [-0.15, -0.1) is 0 Å². The minimum Gasteiger partial charge on any atom is -0.508 e. The van der Waals surface area contributed by atoms with E-state index in [2.05, 4.69) is 16.8 Å². The summed E-state index contributed by atoms with van der Waals surface area (Å²) < 4.78 is 0. The van der Waals surface area contributed by atoms with E-state index in [1.807, 2.05) is 12.1 Å². The molecule has 0 aliphatic carbocycles. The molecule has 3 nitrogen and oxygen atoms in total. The van der Waals surface area contributed by atoms with Gasteiger partial charge in [-0.05, 0) is 56.5 Å². The Balaban J connectivity index is 1.93. The zero-order chi connectivity index (χ0) is 13.0. The molecule has 1 aromatic carbocycles. The summed E-state index contributed by atoms with van der Waals surface area (Å²) in [6.45, 7) is 4.76. The lowest BCUT2D eigenvalue weighted by molar-refractivity contribution is 0.165. The summed E-state index contributed by atoms with van der Waals surface area (Å²) in [5, 5.41) is 11.0. The second-order valence-electron chi connectivity index (χ2n) is 6.13. The van der Waals surface area contributed by atoms with Gasteiger partial charge in [0.1, 0.15) is 5.75 Å². The van der Waals surface area contributed by atoms with Crippen molar-refractivity contribution in [2.45, 2.75) is 38.1 Å². The number of phenols is 1. The van der Waals surface area contributed by atoms with E-state index in [1.54, 1.807) is 6.07 Å². The van der Waals surface area contributed by atoms with E-state index in [1.165, 1.54) is 48.1 Å². The maximum atomic E-state index is 9.75. The lowest BCUT2D eigenvalue weighted by Gasteiger charge is -2.33. The molecule has 2 bridgehead atoms. The van der Waals surface area contributed by atoms with Crippen molar-refractivity contribution < 1.29 is 5.11 Å². The van der Waals surface area contributed by atoms with Crippen LogP contribution in [-0.2, 0) is 6.42 Å². The monoisotopic (exact) mass is 256 g/mol. The van der Waals surface area contributed by atoms with Gasteiger partial charge < -0.3 is 10.1 Å². The van der Waals surface area contributed by atoms with Crippen molar-refractivity contribution in [3.05, 3.63) is 29.5 Å². The largest absolute Gasteiger partial charge is 0.508 e. The average Bonchev–Trinajstić information content (AvgIpc) is 2.73. The summed E-state index contributed by atoms with van der Waals surface area (Å²) in [7, 11) is 0. The number of H-pyrrole nitrogens is 1. The zero-order valence-electron chi connectivity index (χ0n) is 11.3. The number of phenolic OH excluding ortho intramolecular Hbond substituents is 1. The van der Waals surface area contributed by atoms with Crippen molar-refractivity contribution in [2.75, 3.05) is 13.1 Å². The fourth-order valence-corrected chi connectivity index (χ4v) is 3.89. The lowest BCUT2D eigenvalue weighted by Crippen LogP contribution is -2.39. The molecular formula is C16H20N2O. The number of fused-ring (bicyclic) bond motifs is 6. The Bertz CT molecular complexity index is 631. The number of aromatic amines is 1. The third-order valence-electron chi connectivity index (χ3n) is 4.91. The van der Waals surface area contributed by atoms with Gasteiger partial charge in [0.05, 0.1) is 0 Å². The lowest BCUT2D eigenvalue weighted by atomic mass is 9.93. The second kappa shape index (κ2) is 4.01. The molecular weight excluding hydrogens is 236 g/mol. The first-order valence-electron chi connectivity index (χ1n) is 7.30. The van der Waals surface area contributed by atoms with E-state index in [0.717, 1.165) is 6.42 Å². The van der Waals surface area contributed by atoms with Crippen LogP contribution in [0.25, 0.3) is 10.9 Å². The van der Waals surface area contributed by atoms with Gasteiger partial charge >= 0.3 is 0 Å². The Morgan fingerprint density at radius 3 is 3.16 bits per heavy atom. The molecule has 1 fully saturated rings. The van der Waals surface area contributed by atoms with Crippen LogP contribution in [0.15, 0.2) is 18.2 Å². The van der Waals surface area contributed by atoms with Crippen LogP contribution in [-0.4, -0.2) is 34.1 Å². The summed E-state index contributed by atoms with van der Waals surface area (Å²) >= 11 is 0. The standard InChI is InChI=1S/C16H20N2O/c1-10-7-14-13-8-12(19)4-5-15(13)17-16(14)11-3-2-6-18(10)9-11/h4-5,8,10-11,17,19H,2-3,6-7,9H2,1H3. The van der Waals surface area contributed by atoms with E-state index in [0.29, 0.717) is 17.7 Å². The van der Waals surface area contributed by atoms with Crippen LogP contribution in [0, 0.1) is 0 Å². The molecule has 0 radical (unpaired) electrons. The Morgan fingerprint density at radius 1 is 1.37 bits per heavy atom. The Kier molecular flexibility index (Phi) is 2.39. The van der Waals surface area contributed by atoms with Gasteiger partial charge in [0, 0.05) is 35.1 Å². The van der Waals surface area contributed by atoms with Gasteiger partial charge in [0.25, 0.3) is 0 Å². The van der Waals surface area contributed by atoms with E-state index in [4.69, 9.17) is 0 Å². The van der Waals surface area contributed by atoms with Gasteiger partial charge in [0.15, 0.2) is 0 Å². The first-order chi connectivity index (χ1) is 9.22. The highest BCUT2D eigenvalue weighted by Crippen LogP contribution is 2.38. The molecule has 2 aliphatic rings. The predicted octanol–water partition coefficient (Wildman–Crippen LogP) is 3.00. The zero-order valence-corrected chi connectivity index (χ0v) is 11.3. The normalized spacial score (nSPS) is 30.1. The van der Waals surface area contributed by atoms with E-state index in [-0.39, 0.29) is 0 Å². The Hall–Kier alpha value is -1.48. The molecule has 0 amide bonds. The molecule has 2 N–H and O–H groups in total. The van der Waals surface area contributed by atoms with E-state index in [9.17, 15) is 5.11 Å². The van der Waals surface area contributed by atoms with Crippen LogP contribution in [0.3, 0.4) is 0 Å². The van der Waals surface area contributed by atoms with E-state index >= 15 is 0 Å².